The average Bonchev–Trinajstić information content (AvgIpc) is 3.05. The largest absolute Gasteiger partial charge is 0.492 e. The van der Waals surface area contributed by atoms with E-state index in [2.05, 4.69) is 10.3 Å². The standard InChI is InChI=1S/C20H25BN2O5/c1-12(24)22-11-13(21-27-19(2,3)20(4,5)28-21)10-15-14-8-6-7-9-16(14)23-17(15)18(25)26/h6-10,23H,11H2,1-5H3,(H,22,24)(H,25,26). The van der Waals surface area contributed by atoms with Crippen LogP contribution in [0, 0.1) is 0 Å². The van der Waals surface area contributed by atoms with E-state index in [-0.39, 0.29) is 18.1 Å². The van der Waals surface area contributed by atoms with E-state index in [0.717, 1.165) is 10.9 Å². The number of para-hydroxylation sites is 1. The number of carboxylic acid groups (broad SMARTS) is 1. The van der Waals surface area contributed by atoms with Crippen molar-refractivity contribution in [2.45, 2.75) is 45.8 Å². The van der Waals surface area contributed by atoms with Crippen molar-refractivity contribution in [3.05, 3.63) is 41.0 Å². The second-order valence-electron chi connectivity index (χ2n) is 7.98. The molecule has 1 aromatic carbocycles. The molecule has 0 bridgehead atoms. The maximum absolute atomic E-state index is 11.8. The van der Waals surface area contributed by atoms with Crippen molar-refractivity contribution >= 4 is 36.0 Å². The highest BCUT2D eigenvalue weighted by atomic mass is 16.7. The summed E-state index contributed by atoms with van der Waals surface area (Å²) in [6, 6.07) is 7.36. The van der Waals surface area contributed by atoms with Gasteiger partial charge in [0.05, 0.1) is 11.2 Å². The molecule has 8 heteroatoms. The van der Waals surface area contributed by atoms with Gasteiger partial charge in [0.25, 0.3) is 0 Å². The molecule has 3 rings (SSSR count). The first-order chi connectivity index (χ1) is 13.0. The molecule has 1 fully saturated rings. The van der Waals surface area contributed by atoms with Gasteiger partial charge in [-0.1, -0.05) is 24.3 Å². The van der Waals surface area contributed by atoms with E-state index in [1.54, 1.807) is 6.08 Å². The summed E-state index contributed by atoms with van der Waals surface area (Å²) in [6.07, 6.45) is 1.74. The number of amides is 1. The lowest BCUT2D eigenvalue weighted by atomic mass is 9.76. The van der Waals surface area contributed by atoms with E-state index in [1.807, 2.05) is 52.0 Å². The van der Waals surface area contributed by atoms with E-state index in [0.29, 0.717) is 11.0 Å². The summed E-state index contributed by atoms with van der Waals surface area (Å²) in [5, 5.41) is 13.2. The number of nitrogens with one attached hydrogen (secondary N) is 2. The maximum Gasteiger partial charge on any atom is 0.492 e. The number of fused-ring (bicyclic) bond motifs is 1. The quantitative estimate of drug-likeness (QED) is 0.688. The zero-order chi connectivity index (χ0) is 20.7. The molecule has 0 spiro atoms. The number of hydrogen-bond acceptors (Lipinski definition) is 4. The fraction of sp³-hybridized carbons (Fsp3) is 0.400. The Hall–Kier alpha value is -2.58. The Morgan fingerprint density at radius 2 is 1.79 bits per heavy atom. The van der Waals surface area contributed by atoms with Crippen LogP contribution in [-0.2, 0) is 14.1 Å². The minimum atomic E-state index is -1.06. The van der Waals surface area contributed by atoms with Gasteiger partial charge in [-0.15, -0.1) is 0 Å². The van der Waals surface area contributed by atoms with Crippen LogP contribution >= 0.6 is 0 Å². The number of aromatic carboxylic acids is 1. The predicted molar refractivity (Wildman–Crippen MR) is 108 cm³/mol. The molecular weight excluding hydrogens is 359 g/mol. The minimum Gasteiger partial charge on any atom is -0.477 e. The van der Waals surface area contributed by atoms with Gasteiger partial charge in [-0.3, -0.25) is 4.79 Å². The van der Waals surface area contributed by atoms with Crippen LogP contribution in [0.25, 0.3) is 17.0 Å². The molecule has 7 nitrogen and oxygen atoms in total. The summed E-state index contributed by atoms with van der Waals surface area (Å²) < 4.78 is 12.2. The molecule has 0 unspecified atom stereocenters. The van der Waals surface area contributed by atoms with E-state index in [1.165, 1.54) is 6.92 Å². The molecule has 1 aliphatic heterocycles. The van der Waals surface area contributed by atoms with Gasteiger partial charge in [0.2, 0.25) is 5.91 Å². The minimum absolute atomic E-state index is 0.0815. The molecule has 0 saturated carbocycles. The van der Waals surface area contributed by atoms with Gasteiger partial charge >= 0.3 is 13.1 Å². The van der Waals surface area contributed by atoms with Crippen LogP contribution in [0.1, 0.15) is 50.7 Å². The SMILES string of the molecule is CC(=O)NCC(=Cc1c(C(=O)O)[nH]c2ccccc12)B1OC(C)(C)C(C)(C)O1. The second-order valence-corrected chi connectivity index (χ2v) is 7.98. The molecule has 28 heavy (non-hydrogen) atoms. The van der Waals surface area contributed by atoms with E-state index < -0.39 is 24.3 Å². The normalized spacial score (nSPS) is 18.5. The number of H-pyrrole nitrogens is 1. The van der Waals surface area contributed by atoms with Crippen LogP contribution in [0.2, 0.25) is 0 Å². The Bertz CT molecular complexity index is 945. The number of aromatic nitrogens is 1. The summed E-state index contributed by atoms with van der Waals surface area (Å²) in [5.74, 6) is -1.25. The summed E-state index contributed by atoms with van der Waals surface area (Å²) in [5.41, 5.74) is 0.863. The molecule has 1 aliphatic rings. The van der Waals surface area contributed by atoms with Gasteiger partial charge in [-0.25, -0.2) is 4.79 Å². The number of benzene rings is 1. The van der Waals surface area contributed by atoms with Crippen molar-refractivity contribution in [2.24, 2.45) is 0 Å². The molecule has 0 atom stereocenters. The fourth-order valence-corrected chi connectivity index (χ4v) is 3.09. The average molecular weight is 384 g/mol. The molecule has 0 aliphatic carbocycles. The number of carbonyl (C=O) groups is 2. The molecule has 148 valence electrons. The van der Waals surface area contributed by atoms with Gasteiger partial charge < -0.3 is 24.7 Å². The highest BCUT2D eigenvalue weighted by molar-refractivity contribution is 6.56. The Morgan fingerprint density at radius 1 is 1.18 bits per heavy atom. The zero-order valence-corrected chi connectivity index (χ0v) is 16.8. The molecule has 3 N–H and O–H groups in total. The summed E-state index contributed by atoms with van der Waals surface area (Å²) >= 11 is 0. The highest BCUT2D eigenvalue weighted by Gasteiger charge is 2.52. The van der Waals surface area contributed by atoms with Crippen molar-refractivity contribution in [3.63, 3.8) is 0 Å². The topological polar surface area (TPSA) is 101 Å². The lowest BCUT2D eigenvalue weighted by molar-refractivity contribution is -0.118. The van der Waals surface area contributed by atoms with Gasteiger partial charge in [0.15, 0.2) is 0 Å². The molecule has 1 amide bonds. The van der Waals surface area contributed by atoms with E-state index in [4.69, 9.17) is 9.31 Å². The van der Waals surface area contributed by atoms with Crippen molar-refractivity contribution in [1.29, 1.82) is 0 Å². The third-order valence-electron chi connectivity index (χ3n) is 5.39. The van der Waals surface area contributed by atoms with Gasteiger partial charge in [-0.2, -0.15) is 0 Å². The first-order valence-corrected chi connectivity index (χ1v) is 9.16. The van der Waals surface area contributed by atoms with Gasteiger partial charge in [0.1, 0.15) is 5.69 Å². The van der Waals surface area contributed by atoms with Crippen LogP contribution in [0.5, 0.6) is 0 Å². The number of aromatic amines is 1. The Kier molecular flexibility index (Phi) is 5.12. The lowest BCUT2D eigenvalue weighted by Crippen LogP contribution is -2.41. The van der Waals surface area contributed by atoms with Crippen LogP contribution in [0.4, 0.5) is 0 Å². The molecule has 0 radical (unpaired) electrons. The molecule has 2 aromatic rings. The number of carboxylic acids is 1. The van der Waals surface area contributed by atoms with Crippen LogP contribution in [0.15, 0.2) is 29.7 Å². The first-order valence-electron chi connectivity index (χ1n) is 9.16. The van der Waals surface area contributed by atoms with E-state index >= 15 is 0 Å². The van der Waals surface area contributed by atoms with Crippen molar-refractivity contribution in [3.8, 4) is 0 Å². The molecular formula is C20H25BN2O5. The molecule has 2 heterocycles. The smallest absolute Gasteiger partial charge is 0.477 e. The summed E-state index contributed by atoms with van der Waals surface area (Å²) in [7, 11) is -0.702. The van der Waals surface area contributed by atoms with Crippen LogP contribution < -0.4 is 5.32 Å². The third-order valence-corrected chi connectivity index (χ3v) is 5.39. The van der Waals surface area contributed by atoms with E-state index in [9.17, 15) is 14.7 Å². The van der Waals surface area contributed by atoms with Crippen molar-refractivity contribution in [2.75, 3.05) is 6.54 Å². The van der Waals surface area contributed by atoms with Gasteiger partial charge in [-0.05, 0) is 39.2 Å². The van der Waals surface area contributed by atoms with Crippen molar-refractivity contribution in [1.82, 2.24) is 10.3 Å². The Balaban J connectivity index is 2.10. The molecule has 1 saturated heterocycles. The van der Waals surface area contributed by atoms with Gasteiger partial charge in [0, 0.05) is 29.9 Å². The summed E-state index contributed by atoms with van der Waals surface area (Å²) in [4.78, 5) is 26.2. The molecule has 1 aromatic heterocycles. The Labute approximate surface area is 164 Å². The zero-order valence-electron chi connectivity index (χ0n) is 16.8. The lowest BCUT2D eigenvalue weighted by Gasteiger charge is -2.32. The number of hydrogen-bond donors (Lipinski definition) is 3. The fourth-order valence-electron chi connectivity index (χ4n) is 3.09. The number of rotatable bonds is 5. The first kappa shape index (κ1) is 20.2. The maximum atomic E-state index is 11.8. The second kappa shape index (κ2) is 7.11. The summed E-state index contributed by atoms with van der Waals surface area (Å²) in [6.45, 7) is 9.38. The van der Waals surface area contributed by atoms with Crippen LogP contribution in [-0.4, -0.2) is 46.8 Å². The third kappa shape index (κ3) is 3.70. The Morgan fingerprint density at radius 3 is 2.36 bits per heavy atom. The van der Waals surface area contributed by atoms with Crippen LogP contribution in [0.3, 0.4) is 0 Å². The highest BCUT2D eigenvalue weighted by Crippen LogP contribution is 2.39. The predicted octanol–water partition coefficient (Wildman–Crippen LogP) is 3.02. The monoisotopic (exact) mass is 384 g/mol. The van der Waals surface area contributed by atoms with Crippen molar-refractivity contribution < 1.29 is 24.0 Å². The number of carbonyl (C=O) groups excluding carboxylic acids is 1.